The summed E-state index contributed by atoms with van der Waals surface area (Å²) in [6.07, 6.45) is 0. The maximum atomic E-state index is 9.68. The van der Waals surface area contributed by atoms with Crippen molar-refractivity contribution >= 4 is 55.2 Å². The maximum absolute atomic E-state index is 9.68. The average Bonchev–Trinajstić information content (AvgIpc) is 3.77. The smallest absolute Gasteiger partial charge is 0.270 e. The molecule has 5 aromatic carbocycles. The number of hydrogen-bond acceptors (Lipinski definition) is 4. The molecular formula is C38H21N3OS. The van der Waals surface area contributed by atoms with Gasteiger partial charge in [-0.25, -0.2) is 10.1 Å². The van der Waals surface area contributed by atoms with Crippen molar-refractivity contribution < 1.29 is 4.42 Å². The molecule has 8 rings (SSSR count). The van der Waals surface area contributed by atoms with E-state index in [1.807, 2.05) is 48.5 Å². The lowest BCUT2D eigenvalue weighted by Gasteiger charge is -2.23. The molecule has 0 unspecified atom stereocenters. The summed E-state index contributed by atoms with van der Waals surface area (Å²) in [6.45, 7) is 7.58. The van der Waals surface area contributed by atoms with Crippen LogP contribution in [-0.4, -0.2) is 0 Å². The van der Waals surface area contributed by atoms with Crippen LogP contribution in [0.4, 0.5) is 16.4 Å². The van der Waals surface area contributed by atoms with Crippen molar-refractivity contribution in [2.24, 2.45) is 0 Å². The molecule has 200 valence electrons. The van der Waals surface area contributed by atoms with Gasteiger partial charge in [0.05, 0.1) is 18.3 Å². The summed E-state index contributed by atoms with van der Waals surface area (Å²) in [4.78, 5) is 6.93. The van der Waals surface area contributed by atoms with Crippen LogP contribution in [0.5, 0.6) is 0 Å². The van der Waals surface area contributed by atoms with Gasteiger partial charge in [-0.3, -0.25) is 0 Å². The van der Waals surface area contributed by atoms with Gasteiger partial charge < -0.3 is 9.32 Å². The molecule has 0 fully saturated rings. The molecule has 4 nitrogen and oxygen atoms in total. The van der Waals surface area contributed by atoms with E-state index >= 15 is 0 Å². The minimum atomic E-state index is 0.122. The molecule has 43 heavy (non-hydrogen) atoms. The summed E-state index contributed by atoms with van der Waals surface area (Å²) >= 11 is 1.72. The second-order valence-corrected chi connectivity index (χ2v) is 11.4. The zero-order valence-electron chi connectivity index (χ0n) is 22.8. The lowest BCUT2D eigenvalue weighted by atomic mass is 10.0. The van der Waals surface area contributed by atoms with Gasteiger partial charge in [0, 0.05) is 33.0 Å². The van der Waals surface area contributed by atoms with Crippen molar-refractivity contribution in [2.75, 3.05) is 4.90 Å². The van der Waals surface area contributed by atoms with Gasteiger partial charge in [0.1, 0.15) is 16.2 Å². The number of hydrogen-bond donors (Lipinski definition) is 0. The molecule has 0 bridgehead atoms. The Balaban J connectivity index is 1.24. The largest absolute Gasteiger partial charge is 0.456 e. The van der Waals surface area contributed by atoms with Crippen LogP contribution in [0.15, 0.2) is 138 Å². The van der Waals surface area contributed by atoms with Gasteiger partial charge in [-0.05, 0) is 76.3 Å². The Hall–Kier alpha value is -5.88. The Labute approximate surface area is 252 Å². The molecule has 2 aromatic heterocycles. The molecule has 0 spiro atoms. The number of benzene rings is 5. The molecule has 0 amide bonds. The molecule has 1 aliphatic carbocycles. The van der Waals surface area contributed by atoms with Crippen LogP contribution in [0.2, 0.25) is 0 Å². The lowest BCUT2D eigenvalue weighted by Crippen LogP contribution is -2.07. The van der Waals surface area contributed by atoms with E-state index in [-0.39, 0.29) is 5.70 Å². The number of anilines is 3. The van der Waals surface area contributed by atoms with E-state index in [1.54, 1.807) is 11.3 Å². The number of rotatable bonds is 4. The van der Waals surface area contributed by atoms with Crippen LogP contribution in [0.25, 0.3) is 53.9 Å². The third-order valence-corrected chi connectivity index (χ3v) is 9.08. The molecular weight excluding hydrogens is 547 g/mol. The molecule has 0 saturated carbocycles. The fraction of sp³-hybridized carbons (Fsp3) is 0. The van der Waals surface area contributed by atoms with Crippen molar-refractivity contribution in [3.05, 3.63) is 156 Å². The van der Waals surface area contributed by atoms with E-state index in [1.165, 1.54) is 0 Å². The van der Waals surface area contributed by atoms with Gasteiger partial charge >= 0.3 is 0 Å². The van der Waals surface area contributed by atoms with E-state index in [4.69, 9.17) is 11.0 Å². The highest BCUT2D eigenvalue weighted by Gasteiger charge is 2.27. The van der Waals surface area contributed by atoms with Gasteiger partial charge in [0.25, 0.3) is 5.70 Å². The minimum absolute atomic E-state index is 0.122. The minimum Gasteiger partial charge on any atom is -0.456 e. The molecule has 0 atom stereocenters. The van der Waals surface area contributed by atoms with Crippen LogP contribution in [0.3, 0.4) is 0 Å². The van der Waals surface area contributed by atoms with Crippen molar-refractivity contribution in [3.8, 4) is 27.6 Å². The van der Waals surface area contributed by atoms with Gasteiger partial charge in [-0.2, -0.15) is 0 Å². The Bertz CT molecular complexity index is 2310. The molecule has 5 heteroatoms. The molecule has 0 saturated heterocycles. The van der Waals surface area contributed by atoms with E-state index in [0.717, 1.165) is 76.6 Å². The van der Waals surface area contributed by atoms with E-state index in [2.05, 4.69) is 94.7 Å². The standard InChI is InChI=1S/C38H21N3OS/c1-40-33(23-39)38-30-13-6-5-11-27(30)32-21-24(15-17-31(32)38)36-19-20-37(43-36)41(25-9-3-2-4-10-25)26-16-18-29-28-12-7-8-14-34(28)42-35(29)22-26/h2-22H/b38-33-. The first-order valence-corrected chi connectivity index (χ1v) is 14.7. The van der Waals surface area contributed by atoms with Crippen LogP contribution < -0.4 is 4.90 Å². The summed E-state index contributed by atoms with van der Waals surface area (Å²) in [5, 5.41) is 13.0. The number of furan rings is 1. The number of para-hydroxylation sites is 2. The predicted molar refractivity (Wildman–Crippen MR) is 175 cm³/mol. The fourth-order valence-corrected chi connectivity index (χ4v) is 7.09. The monoisotopic (exact) mass is 567 g/mol. The molecule has 1 aliphatic rings. The first kappa shape index (κ1) is 24.9. The third kappa shape index (κ3) is 3.95. The van der Waals surface area contributed by atoms with Crippen LogP contribution >= 0.6 is 11.3 Å². The van der Waals surface area contributed by atoms with Gasteiger partial charge in [0.15, 0.2) is 0 Å². The number of thiophene rings is 1. The van der Waals surface area contributed by atoms with Crippen molar-refractivity contribution in [2.45, 2.75) is 0 Å². The summed E-state index contributed by atoms with van der Waals surface area (Å²) in [7, 11) is 0. The average molecular weight is 568 g/mol. The SMILES string of the molecule is [C-]#[N+]/C(C#N)=C1/c2ccccc2-c2cc(-c3ccc(N(c4ccccc4)c4ccc5c(c4)oc4ccccc45)s3)ccc21. The molecule has 2 heterocycles. The van der Waals surface area contributed by atoms with Crippen LogP contribution in [0.1, 0.15) is 11.1 Å². The predicted octanol–water partition coefficient (Wildman–Crippen LogP) is 11.0. The van der Waals surface area contributed by atoms with Gasteiger partial charge in [-0.1, -0.05) is 72.8 Å². The van der Waals surface area contributed by atoms with E-state index in [9.17, 15) is 5.26 Å². The van der Waals surface area contributed by atoms with E-state index < -0.39 is 0 Å². The van der Waals surface area contributed by atoms with Gasteiger partial charge in [-0.15, -0.1) is 11.3 Å². The zero-order valence-corrected chi connectivity index (χ0v) is 23.6. The first-order chi connectivity index (χ1) is 21.2. The summed E-state index contributed by atoms with van der Waals surface area (Å²) < 4.78 is 6.24. The van der Waals surface area contributed by atoms with Crippen molar-refractivity contribution in [1.82, 2.24) is 0 Å². The molecule has 0 radical (unpaired) electrons. The Morgan fingerprint density at radius 3 is 2.26 bits per heavy atom. The van der Waals surface area contributed by atoms with Gasteiger partial charge in [0.2, 0.25) is 0 Å². The quantitative estimate of drug-likeness (QED) is 0.157. The Kier molecular flexibility index (Phi) is 5.72. The number of allylic oxidation sites excluding steroid dienone is 1. The topological polar surface area (TPSA) is 44.5 Å². The summed E-state index contributed by atoms with van der Waals surface area (Å²) in [5.41, 5.74) is 9.71. The normalized spacial score (nSPS) is 12.9. The van der Waals surface area contributed by atoms with Crippen LogP contribution in [0, 0.1) is 17.9 Å². The lowest BCUT2D eigenvalue weighted by molar-refractivity contribution is 0.669. The van der Waals surface area contributed by atoms with Crippen molar-refractivity contribution in [1.29, 1.82) is 5.26 Å². The first-order valence-electron chi connectivity index (χ1n) is 13.9. The number of nitriles is 1. The highest BCUT2D eigenvalue weighted by molar-refractivity contribution is 7.19. The number of fused-ring (bicyclic) bond motifs is 6. The Morgan fingerprint density at radius 1 is 0.674 bits per heavy atom. The highest BCUT2D eigenvalue weighted by atomic mass is 32.1. The maximum Gasteiger partial charge on any atom is 0.270 e. The zero-order chi connectivity index (χ0) is 28.9. The highest BCUT2D eigenvalue weighted by Crippen LogP contribution is 2.49. The Morgan fingerprint density at radius 2 is 1.42 bits per heavy atom. The molecule has 0 N–H and O–H groups in total. The van der Waals surface area contributed by atoms with Crippen molar-refractivity contribution in [3.63, 3.8) is 0 Å². The van der Waals surface area contributed by atoms with E-state index in [0.29, 0.717) is 0 Å². The second kappa shape index (κ2) is 9.89. The summed E-state index contributed by atoms with van der Waals surface area (Å²) in [6, 6.07) is 45.7. The number of nitrogens with zero attached hydrogens (tertiary/aromatic N) is 3. The van der Waals surface area contributed by atoms with Crippen LogP contribution in [-0.2, 0) is 0 Å². The fourth-order valence-electron chi connectivity index (χ4n) is 6.05. The summed E-state index contributed by atoms with van der Waals surface area (Å²) in [5.74, 6) is 0. The molecule has 0 aliphatic heterocycles. The third-order valence-electron chi connectivity index (χ3n) is 7.96. The second-order valence-electron chi connectivity index (χ2n) is 10.3. The molecule has 7 aromatic rings.